The van der Waals surface area contributed by atoms with Crippen LogP contribution in [0.4, 0.5) is 0 Å². The molecule has 1 aromatic rings. The van der Waals surface area contributed by atoms with E-state index in [2.05, 4.69) is 6.07 Å². The van der Waals surface area contributed by atoms with Gasteiger partial charge >= 0.3 is 0 Å². The number of hydrogen-bond acceptors (Lipinski definition) is 2. The third kappa shape index (κ3) is 3.57. The van der Waals surface area contributed by atoms with Crippen molar-refractivity contribution in [2.75, 3.05) is 19.6 Å². The van der Waals surface area contributed by atoms with Crippen molar-refractivity contribution < 1.29 is 4.79 Å². The van der Waals surface area contributed by atoms with Crippen LogP contribution in [0.5, 0.6) is 0 Å². The predicted molar refractivity (Wildman–Crippen MR) is 78.2 cm³/mol. The first-order valence-electron chi connectivity index (χ1n) is 7.18. The van der Waals surface area contributed by atoms with E-state index in [0.717, 1.165) is 49.2 Å². The van der Waals surface area contributed by atoms with Crippen LogP contribution in [0.1, 0.15) is 40.7 Å². The highest BCUT2D eigenvalue weighted by molar-refractivity contribution is 5.94. The van der Waals surface area contributed by atoms with Gasteiger partial charge in [0, 0.05) is 18.7 Å². The fourth-order valence-corrected chi connectivity index (χ4v) is 3.00. The average molecular weight is 260 g/mol. The molecule has 2 rings (SSSR count). The summed E-state index contributed by atoms with van der Waals surface area (Å²) in [4.78, 5) is 14.5. The topological polar surface area (TPSA) is 46.3 Å². The first-order chi connectivity index (χ1) is 9.10. The molecule has 0 aliphatic carbocycles. The number of rotatable bonds is 3. The van der Waals surface area contributed by atoms with Crippen molar-refractivity contribution in [1.82, 2.24) is 4.90 Å². The summed E-state index contributed by atoms with van der Waals surface area (Å²) in [7, 11) is 0. The number of hydrogen-bond donors (Lipinski definition) is 1. The minimum atomic E-state index is 0.175. The molecule has 1 unspecified atom stereocenters. The van der Waals surface area contributed by atoms with E-state index in [1.165, 1.54) is 6.42 Å². The highest BCUT2D eigenvalue weighted by Gasteiger charge is 2.24. The van der Waals surface area contributed by atoms with Gasteiger partial charge in [-0.05, 0) is 57.7 Å². The van der Waals surface area contributed by atoms with Crippen molar-refractivity contribution in [3.05, 3.63) is 34.9 Å². The van der Waals surface area contributed by atoms with Crippen molar-refractivity contribution in [2.24, 2.45) is 11.7 Å². The molecule has 1 atom stereocenters. The van der Waals surface area contributed by atoms with Crippen LogP contribution in [0, 0.1) is 19.8 Å². The van der Waals surface area contributed by atoms with Gasteiger partial charge in [-0.25, -0.2) is 0 Å². The molecular formula is C16H24N2O. The zero-order valence-electron chi connectivity index (χ0n) is 12.0. The van der Waals surface area contributed by atoms with Gasteiger partial charge in [0.1, 0.15) is 0 Å². The quantitative estimate of drug-likeness (QED) is 0.907. The largest absolute Gasteiger partial charge is 0.338 e. The maximum Gasteiger partial charge on any atom is 0.253 e. The van der Waals surface area contributed by atoms with Crippen LogP contribution in [0.25, 0.3) is 0 Å². The molecule has 19 heavy (non-hydrogen) atoms. The van der Waals surface area contributed by atoms with E-state index in [9.17, 15) is 4.79 Å². The van der Waals surface area contributed by atoms with E-state index in [1.54, 1.807) is 0 Å². The Balaban J connectivity index is 2.10. The van der Waals surface area contributed by atoms with Gasteiger partial charge in [0.15, 0.2) is 0 Å². The second-order valence-corrected chi connectivity index (χ2v) is 5.71. The number of likely N-dealkylation sites (tertiary alicyclic amines) is 1. The van der Waals surface area contributed by atoms with Crippen LogP contribution in [0.2, 0.25) is 0 Å². The Labute approximate surface area is 115 Å². The van der Waals surface area contributed by atoms with E-state index in [1.807, 2.05) is 30.9 Å². The zero-order chi connectivity index (χ0) is 13.8. The van der Waals surface area contributed by atoms with Crippen molar-refractivity contribution in [1.29, 1.82) is 0 Å². The normalized spacial score (nSPS) is 19.5. The molecule has 0 radical (unpaired) electrons. The molecule has 3 heteroatoms. The second kappa shape index (κ2) is 6.20. The third-order valence-electron chi connectivity index (χ3n) is 3.85. The number of amides is 1. The minimum Gasteiger partial charge on any atom is -0.338 e. The van der Waals surface area contributed by atoms with Crippen LogP contribution < -0.4 is 5.73 Å². The van der Waals surface area contributed by atoms with Crippen molar-refractivity contribution in [3.8, 4) is 0 Å². The Kier molecular flexibility index (Phi) is 4.59. The Hall–Kier alpha value is -1.35. The summed E-state index contributed by atoms with van der Waals surface area (Å²) in [6.07, 6.45) is 3.33. The average Bonchev–Trinajstić information content (AvgIpc) is 2.37. The molecule has 0 saturated carbocycles. The van der Waals surface area contributed by atoms with Gasteiger partial charge in [0.05, 0.1) is 0 Å². The van der Waals surface area contributed by atoms with Gasteiger partial charge in [-0.2, -0.15) is 0 Å². The summed E-state index contributed by atoms with van der Waals surface area (Å²) in [5, 5.41) is 0. The molecule has 0 bridgehead atoms. The van der Waals surface area contributed by atoms with Crippen molar-refractivity contribution in [3.63, 3.8) is 0 Å². The molecule has 1 heterocycles. The van der Waals surface area contributed by atoms with Crippen LogP contribution in [-0.2, 0) is 0 Å². The highest BCUT2D eigenvalue weighted by Crippen LogP contribution is 2.21. The predicted octanol–water partition coefficient (Wildman–Crippen LogP) is 2.50. The fourth-order valence-electron chi connectivity index (χ4n) is 3.00. The molecule has 1 saturated heterocycles. The molecule has 1 aliphatic rings. The van der Waals surface area contributed by atoms with Gasteiger partial charge in [-0.3, -0.25) is 4.79 Å². The van der Waals surface area contributed by atoms with Gasteiger partial charge in [0.25, 0.3) is 5.91 Å². The Bertz CT molecular complexity index is 434. The summed E-state index contributed by atoms with van der Waals surface area (Å²) < 4.78 is 0. The second-order valence-electron chi connectivity index (χ2n) is 5.71. The lowest BCUT2D eigenvalue weighted by atomic mass is 9.94. The maximum atomic E-state index is 12.5. The van der Waals surface area contributed by atoms with E-state index in [-0.39, 0.29) is 5.91 Å². The number of carbonyl (C=O) groups excluding carboxylic acids is 1. The van der Waals surface area contributed by atoms with E-state index < -0.39 is 0 Å². The molecule has 0 aromatic heterocycles. The number of carbonyl (C=O) groups is 1. The Morgan fingerprint density at radius 1 is 1.32 bits per heavy atom. The fraction of sp³-hybridized carbons (Fsp3) is 0.562. The SMILES string of the molecule is Cc1cc(C)cc(C(=O)N2CCCC(CCN)C2)c1. The summed E-state index contributed by atoms with van der Waals surface area (Å²) >= 11 is 0. The van der Waals surface area contributed by atoms with Crippen LogP contribution in [0.3, 0.4) is 0 Å². The van der Waals surface area contributed by atoms with E-state index >= 15 is 0 Å². The van der Waals surface area contributed by atoms with Crippen LogP contribution >= 0.6 is 0 Å². The monoisotopic (exact) mass is 260 g/mol. The molecule has 1 amide bonds. The van der Waals surface area contributed by atoms with Crippen molar-refractivity contribution in [2.45, 2.75) is 33.1 Å². The lowest BCUT2D eigenvalue weighted by molar-refractivity contribution is 0.0669. The molecule has 1 fully saturated rings. The van der Waals surface area contributed by atoms with Gasteiger partial charge in [0.2, 0.25) is 0 Å². The maximum absolute atomic E-state index is 12.5. The number of piperidine rings is 1. The standard InChI is InChI=1S/C16H24N2O/c1-12-8-13(2)10-15(9-12)16(19)18-7-3-4-14(11-18)5-6-17/h8-10,14H,3-7,11,17H2,1-2H3. The van der Waals surface area contributed by atoms with Gasteiger partial charge in [-0.1, -0.05) is 17.2 Å². The molecule has 104 valence electrons. The number of nitrogens with zero attached hydrogens (tertiary/aromatic N) is 1. The molecule has 3 nitrogen and oxygen atoms in total. The number of aryl methyl sites for hydroxylation is 2. The summed E-state index contributed by atoms with van der Waals surface area (Å²) in [5.41, 5.74) is 8.76. The van der Waals surface area contributed by atoms with E-state index in [0.29, 0.717) is 5.92 Å². The first kappa shape index (κ1) is 14.1. The number of nitrogens with two attached hydrogens (primary N) is 1. The molecular weight excluding hydrogens is 236 g/mol. The van der Waals surface area contributed by atoms with Gasteiger partial charge < -0.3 is 10.6 Å². The first-order valence-corrected chi connectivity index (χ1v) is 7.18. The summed E-state index contributed by atoms with van der Waals surface area (Å²) in [5.74, 6) is 0.752. The van der Waals surface area contributed by atoms with Crippen molar-refractivity contribution >= 4 is 5.91 Å². The van der Waals surface area contributed by atoms with Crippen LogP contribution in [0.15, 0.2) is 18.2 Å². The minimum absolute atomic E-state index is 0.175. The van der Waals surface area contributed by atoms with Gasteiger partial charge in [-0.15, -0.1) is 0 Å². The summed E-state index contributed by atoms with van der Waals surface area (Å²) in [6.45, 7) is 6.54. The molecule has 0 spiro atoms. The number of benzene rings is 1. The smallest absolute Gasteiger partial charge is 0.253 e. The van der Waals surface area contributed by atoms with E-state index in [4.69, 9.17) is 5.73 Å². The Morgan fingerprint density at radius 3 is 2.63 bits per heavy atom. The Morgan fingerprint density at radius 2 is 2.00 bits per heavy atom. The van der Waals surface area contributed by atoms with Crippen LogP contribution in [-0.4, -0.2) is 30.4 Å². The molecule has 1 aromatic carbocycles. The highest BCUT2D eigenvalue weighted by atomic mass is 16.2. The summed E-state index contributed by atoms with van der Waals surface area (Å²) in [6, 6.07) is 6.08. The third-order valence-corrected chi connectivity index (χ3v) is 3.85. The molecule has 2 N–H and O–H groups in total. The lowest BCUT2D eigenvalue weighted by Crippen LogP contribution is -2.40. The molecule has 1 aliphatic heterocycles. The zero-order valence-corrected chi connectivity index (χ0v) is 12.0. The lowest BCUT2D eigenvalue weighted by Gasteiger charge is -2.32.